The molecule has 7 nitrogen and oxygen atoms in total. The van der Waals surface area contributed by atoms with Gasteiger partial charge in [-0.05, 0) is 65.2 Å². The number of nitrogens with zero attached hydrogens (tertiary/aromatic N) is 3. The van der Waals surface area contributed by atoms with Crippen LogP contribution in [0.4, 0.5) is 9.18 Å². The normalized spacial score (nSPS) is 14.7. The van der Waals surface area contributed by atoms with Crippen molar-refractivity contribution >= 4 is 15.9 Å². The maximum absolute atomic E-state index is 13.2. The topological polar surface area (TPSA) is 84.3 Å². The number of carbonyl (C=O) groups excluding carboxylic acids is 1. The maximum Gasteiger partial charge on any atom is 0.318 e. The van der Waals surface area contributed by atoms with Gasteiger partial charge in [0, 0.05) is 17.6 Å². The van der Waals surface area contributed by atoms with Crippen LogP contribution < -0.4 is 5.32 Å². The van der Waals surface area contributed by atoms with Crippen molar-refractivity contribution in [1.82, 2.24) is 19.8 Å². The van der Waals surface area contributed by atoms with Crippen LogP contribution in [0.25, 0.3) is 0 Å². The quantitative estimate of drug-likeness (QED) is 0.690. The van der Waals surface area contributed by atoms with Crippen molar-refractivity contribution in [2.45, 2.75) is 82.5 Å². The zero-order chi connectivity index (χ0) is 23.0. The van der Waals surface area contributed by atoms with E-state index < -0.39 is 15.7 Å². The van der Waals surface area contributed by atoms with Crippen LogP contribution in [0, 0.1) is 5.82 Å². The first-order chi connectivity index (χ1) is 14.4. The first-order valence-electron chi connectivity index (χ1n) is 10.5. The standard InChI is InChI=1S/C22H31FN4O3S/c1-15(2)27-19(13-26(18-10-11-18)20(28)25-22(3,4)5)12-24-21(27)31(29,30)14-16-6-8-17(23)9-7-16/h6-9,12,15,18H,10-11,13-14H2,1-5H3,(H,25,28). The van der Waals surface area contributed by atoms with Gasteiger partial charge in [-0.2, -0.15) is 0 Å². The summed E-state index contributed by atoms with van der Waals surface area (Å²) in [4.78, 5) is 18.8. The highest BCUT2D eigenvalue weighted by Gasteiger charge is 2.35. The first kappa shape index (κ1) is 23.2. The monoisotopic (exact) mass is 450 g/mol. The minimum atomic E-state index is -3.76. The van der Waals surface area contributed by atoms with Crippen molar-refractivity contribution in [3.05, 3.63) is 47.5 Å². The Morgan fingerprint density at radius 1 is 1.26 bits per heavy atom. The second-order valence-corrected chi connectivity index (χ2v) is 11.3. The molecule has 0 aliphatic heterocycles. The minimum absolute atomic E-state index is 0.0335. The van der Waals surface area contributed by atoms with E-state index in [0.29, 0.717) is 11.3 Å². The maximum atomic E-state index is 13.2. The van der Waals surface area contributed by atoms with Crippen LogP contribution in [-0.2, 0) is 22.1 Å². The molecule has 1 N–H and O–H groups in total. The molecule has 0 bridgehead atoms. The van der Waals surface area contributed by atoms with E-state index in [4.69, 9.17) is 0 Å². The number of amides is 2. The number of rotatable bonds is 7. The molecule has 0 radical (unpaired) electrons. The number of hydrogen-bond donors (Lipinski definition) is 1. The van der Waals surface area contributed by atoms with Crippen molar-refractivity contribution in [2.24, 2.45) is 0 Å². The van der Waals surface area contributed by atoms with Gasteiger partial charge in [-0.15, -0.1) is 0 Å². The first-order valence-corrected chi connectivity index (χ1v) is 12.1. The average Bonchev–Trinajstić information content (AvgIpc) is 3.37. The van der Waals surface area contributed by atoms with Crippen LogP contribution in [0.5, 0.6) is 0 Å². The summed E-state index contributed by atoms with van der Waals surface area (Å²) in [7, 11) is -3.76. The van der Waals surface area contributed by atoms with Gasteiger partial charge in [-0.25, -0.2) is 22.6 Å². The van der Waals surface area contributed by atoms with Gasteiger partial charge in [0.2, 0.25) is 15.0 Å². The van der Waals surface area contributed by atoms with E-state index in [1.165, 1.54) is 30.5 Å². The molecular weight excluding hydrogens is 419 g/mol. The van der Waals surface area contributed by atoms with Crippen molar-refractivity contribution in [2.75, 3.05) is 0 Å². The third kappa shape index (κ3) is 5.84. The summed E-state index contributed by atoms with van der Waals surface area (Å²) in [5.41, 5.74) is 0.792. The van der Waals surface area contributed by atoms with E-state index in [2.05, 4.69) is 10.3 Å². The largest absolute Gasteiger partial charge is 0.333 e. The third-order valence-corrected chi connectivity index (χ3v) is 6.54. The van der Waals surface area contributed by atoms with Gasteiger partial charge in [0.15, 0.2) is 0 Å². The van der Waals surface area contributed by atoms with Crippen LogP contribution >= 0.6 is 0 Å². The molecule has 3 rings (SSSR count). The minimum Gasteiger partial charge on any atom is -0.333 e. The molecule has 170 valence electrons. The summed E-state index contributed by atoms with van der Waals surface area (Å²) < 4.78 is 41.1. The molecule has 0 atom stereocenters. The molecule has 2 amide bonds. The van der Waals surface area contributed by atoms with Gasteiger partial charge in [-0.3, -0.25) is 0 Å². The predicted molar refractivity (Wildman–Crippen MR) is 117 cm³/mol. The Morgan fingerprint density at radius 3 is 2.39 bits per heavy atom. The van der Waals surface area contributed by atoms with Crippen LogP contribution in [0.15, 0.2) is 35.6 Å². The Balaban J connectivity index is 1.89. The van der Waals surface area contributed by atoms with Gasteiger partial charge >= 0.3 is 6.03 Å². The smallest absolute Gasteiger partial charge is 0.318 e. The van der Waals surface area contributed by atoms with Crippen LogP contribution in [-0.4, -0.2) is 40.5 Å². The lowest BCUT2D eigenvalue weighted by molar-refractivity contribution is 0.181. The zero-order valence-electron chi connectivity index (χ0n) is 18.7. The molecule has 31 heavy (non-hydrogen) atoms. The number of hydrogen-bond acceptors (Lipinski definition) is 4. The van der Waals surface area contributed by atoms with Gasteiger partial charge in [0.1, 0.15) is 5.82 Å². The fraction of sp³-hybridized carbons (Fsp3) is 0.545. The molecule has 0 unspecified atom stereocenters. The summed E-state index contributed by atoms with van der Waals surface area (Å²) in [6.45, 7) is 9.83. The molecule has 1 aliphatic carbocycles. The van der Waals surface area contributed by atoms with E-state index in [1.807, 2.05) is 34.6 Å². The molecule has 1 saturated carbocycles. The van der Waals surface area contributed by atoms with E-state index in [9.17, 15) is 17.6 Å². The van der Waals surface area contributed by atoms with Crippen molar-refractivity contribution in [3.8, 4) is 0 Å². The van der Waals surface area contributed by atoms with Gasteiger partial charge in [0.25, 0.3) is 0 Å². The molecule has 1 aromatic heterocycles. The number of sulfone groups is 1. The van der Waals surface area contributed by atoms with E-state index in [1.54, 1.807) is 9.47 Å². The van der Waals surface area contributed by atoms with Crippen LogP contribution in [0.2, 0.25) is 0 Å². The number of nitrogens with one attached hydrogen (secondary N) is 1. The Bertz CT molecular complexity index is 1040. The van der Waals surface area contributed by atoms with Crippen LogP contribution in [0.3, 0.4) is 0 Å². The summed E-state index contributed by atoms with van der Waals surface area (Å²) in [5, 5.41) is 2.96. The molecule has 2 aromatic rings. The molecule has 0 spiro atoms. The van der Waals surface area contributed by atoms with E-state index in [0.717, 1.165) is 12.8 Å². The van der Waals surface area contributed by atoms with Crippen LogP contribution in [0.1, 0.15) is 64.8 Å². The molecule has 0 saturated heterocycles. The Morgan fingerprint density at radius 2 is 1.87 bits per heavy atom. The van der Waals surface area contributed by atoms with Crippen molar-refractivity contribution in [3.63, 3.8) is 0 Å². The summed E-state index contributed by atoms with van der Waals surface area (Å²) in [6.07, 6.45) is 3.41. The highest BCUT2D eigenvalue weighted by atomic mass is 32.2. The van der Waals surface area contributed by atoms with Gasteiger partial charge in [-0.1, -0.05) is 12.1 Å². The molecule has 1 heterocycles. The molecule has 1 fully saturated rings. The number of carbonyl (C=O) groups is 1. The number of benzene rings is 1. The molecule has 1 aromatic carbocycles. The van der Waals surface area contributed by atoms with Crippen molar-refractivity contribution in [1.29, 1.82) is 0 Å². The molecule has 9 heteroatoms. The Hall–Kier alpha value is -2.42. The number of halogens is 1. The molecular formula is C22H31FN4O3S. The fourth-order valence-electron chi connectivity index (χ4n) is 3.46. The predicted octanol–water partition coefficient (Wildman–Crippen LogP) is 4.05. The third-order valence-electron chi connectivity index (χ3n) is 4.97. The second kappa shape index (κ2) is 8.61. The van der Waals surface area contributed by atoms with E-state index in [-0.39, 0.29) is 41.1 Å². The van der Waals surface area contributed by atoms with Gasteiger partial charge in [0.05, 0.1) is 24.2 Å². The lowest BCUT2D eigenvalue weighted by Crippen LogP contribution is -2.49. The Kier molecular flexibility index (Phi) is 6.45. The van der Waals surface area contributed by atoms with Gasteiger partial charge < -0.3 is 14.8 Å². The second-order valence-electron chi connectivity index (χ2n) is 9.42. The molecule has 1 aliphatic rings. The summed E-state index contributed by atoms with van der Waals surface area (Å²) >= 11 is 0. The fourth-order valence-corrected chi connectivity index (χ4v) is 5.06. The van der Waals surface area contributed by atoms with Crippen molar-refractivity contribution < 1.29 is 17.6 Å². The Labute approximate surface area is 183 Å². The highest BCUT2D eigenvalue weighted by molar-refractivity contribution is 7.90. The number of urea groups is 1. The zero-order valence-corrected chi connectivity index (χ0v) is 19.5. The number of imidazole rings is 1. The summed E-state index contributed by atoms with van der Waals surface area (Å²) in [6, 6.07) is 5.23. The number of aromatic nitrogens is 2. The average molecular weight is 451 g/mol. The highest BCUT2D eigenvalue weighted by Crippen LogP contribution is 2.30. The summed E-state index contributed by atoms with van der Waals surface area (Å²) in [5.74, 6) is -0.686. The van der Waals surface area contributed by atoms with E-state index >= 15 is 0 Å². The lowest BCUT2D eigenvalue weighted by atomic mass is 10.1. The lowest BCUT2D eigenvalue weighted by Gasteiger charge is -2.29. The SMILES string of the molecule is CC(C)n1c(CN(C(=O)NC(C)(C)C)C2CC2)cnc1S(=O)(=O)Cc1ccc(F)cc1.